The van der Waals surface area contributed by atoms with Crippen molar-refractivity contribution >= 4 is 5.69 Å². The number of rotatable bonds is 6. The minimum absolute atomic E-state index is 0.0140. The summed E-state index contributed by atoms with van der Waals surface area (Å²) in [5, 5.41) is 10.8. The van der Waals surface area contributed by atoms with E-state index in [-0.39, 0.29) is 11.2 Å². The van der Waals surface area contributed by atoms with Gasteiger partial charge in [-0.3, -0.25) is 14.9 Å². The van der Waals surface area contributed by atoms with Crippen LogP contribution in [0.25, 0.3) is 0 Å². The molecule has 0 radical (unpaired) electrons. The van der Waals surface area contributed by atoms with E-state index in [4.69, 9.17) is 0 Å². The molecule has 5 nitrogen and oxygen atoms in total. The summed E-state index contributed by atoms with van der Waals surface area (Å²) in [7, 11) is 0. The van der Waals surface area contributed by atoms with Crippen molar-refractivity contribution in [3.63, 3.8) is 0 Å². The van der Waals surface area contributed by atoms with Crippen LogP contribution in [0, 0.1) is 17.0 Å². The van der Waals surface area contributed by atoms with Gasteiger partial charge in [0.2, 0.25) is 0 Å². The molecule has 1 aromatic heterocycles. The van der Waals surface area contributed by atoms with E-state index in [9.17, 15) is 14.9 Å². The fraction of sp³-hybridized carbons (Fsp3) is 0.583. The van der Waals surface area contributed by atoms with Crippen LogP contribution in [-0.2, 0) is 6.54 Å². The van der Waals surface area contributed by atoms with Gasteiger partial charge >= 0.3 is 0 Å². The highest BCUT2D eigenvalue weighted by Gasteiger charge is 2.14. The van der Waals surface area contributed by atoms with Crippen molar-refractivity contribution in [2.75, 3.05) is 0 Å². The first-order valence-electron chi connectivity index (χ1n) is 5.92. The van der Waals surface area contributed by atoms with Crippen LogP contribution in [0.5, 0.6) is 0 Å². The van der Waals surface area contributed by atoms with Crippen molar-refractivity contribution in [1.29, 1.82) is 0 Å². The molecular formula is C12H18N2O3. The molecule has 94 valence electrons. The molecule has 5 heteroatoms. The van der Waals surface area contributed by atoms with Crippen molar-refractivity contribution in [2.24, 2.45) is 0 Å². The lowest BCUT2D eigenvalue weighted by Crippen LogP contribution is -2.22. The van der Waals surface area contributed by atoms with E-state index in [2.05, 4.69) is 6.92 Å². The van der Waals surface area contributed by atoms with E-state index >= 15 is 0 Å². The number of hydrogen-bond acceptors (Lipinski definition) is 3. The maximum Gasteiger partial charge on any atom is 0.288 e. The molecule has 0 aliphatic rings. The highest BCUT2D eigenvalue weighted by molar-refractivity contribution is 5.34. The average Bonchev–Trinajstić information content (AvgIpc) is 2.27. The lowest BCUT2D eigenvalue weighted by atomic mass is 10.2. The van der Waals surface area contributed by atoms with Gasteiger partial charge in [-0.2, -0.15) is 0 Å². The molecule has 0 fully saturated rings. The number of hydrogen-bond donors (Lipinski definition) is 0. The van der Waals surface area contributed by atoms with Gasteiger partial charge in [-0.1, -0.05) is 26.2 Å². The summed E-state index contributed by atoms with van der Waals surface area (Å²) in [4.78, 5) is 21.9. The fourth-order valence-electron chi connectivity index (χ4n) is 1.83. The van der Waals surface area contributed by atoms with E-state index in [1.807, 2.05) is 0 Å². The zero-order chi connectivity index (χ0) is 12.8. The summed E-state index contributed by atoms with van der Waals surface area (Å²) >= 11 is 0. The molecule has 0 spiro atoms. The molecule has 17 heavy (non-hydrogen) atoms. The molecule has 0 atom stereocenters. The van der Waals surface area contributed by atoms with Crippen LogP contribution in [-0.4, -0.2) is 9.49 Å². The summed E-state index contributed by atoms with van der Waals surface area (Å²) in [5.41, 5.74) is 0.295. The zero-order valence-electron chi connectivity index (χ0n) is 10.3. The van der Waals surface area contributed by atoms with Crippen molar-refractivity contribution in [2.45, 2.75) is 46.1 Å². The predicted octanol–water partition coefficient (Wildman–Crippen LogP) is 2.65. The Morgan fingerprint density at radius 1 is 1.29 bits per heavy atom. The lowest BCUT2D eigenvalue weighted by Gasteiger charge is -2.09. The first-order valence-corrected chi connectivity index (χ1v) is 5.92. The Labute approximate surface area is 100 Å². The second-order valence-corrected chi connectivity index (χ2v) is 4.11. The summed E-state index contributed by atoms with van der Waals surface area (Å²) < 4.78 is 1.49. The molecule has 0 saturated heterocycles. The molecule has 0 unspecified atom stereocenters. The van der Waals surface area contributed by atoms with Crippen LogP contribution < -0.4 is 5.56 Å². The maximum atomic E-state index is 11.6. The highest BCUT2D eigenvalue weighted by atomic mass is 16.6. The van der Waals surface area contributed by atoms with Crippen molar-refractivity contribution in [3.8, 4) is 0 Å². The minimum atomic E-state index is -0.447. The van der Waals surface area contributed by atoms with Gasteiger partial charge in [0.25, 0.3) is 11.2 Å². The Kier molecular flexibility index (Phi) is 4.87. The van der Waals surface area contributed by atoms with E-state index in [0.717, 1.165) is 25.7 Å². The minimum Gasteiger partial charge on any atom is -0.306 e. The normalized spacial score (nSPS) is 10.5. The molecule has 0 amide bonds. The SMILES string of the molecule is CCCCCCn1c(C)c([N+](=O)[O-])ccc1=O. The first kappa shape index (κ1) is 13.4. The van der Waals surface area contributed by atoms with Gasteiger partial charge in [0.05, 0.1) is 10.6 Å². The van der Waals surface area contributed by atoms with Gasteiger partial charge in [-0.15, -0.1) is 0 Å². The van der Waals surface area contributed by atoms with E-state index < -0.39 is 4.92 Å². The third-order valence-corrected chi connectivity index (χ3v) is 2.86. The van der Waals surface area contributed by atoms with E-state index in [1.54, 1.807) is 6.92 Å². The largest absolute Gasteiger partial charge is 0.306 e. The fourth-order valence-corrected chi connectivity index (χ4v) is 1.83. The number of nitro groups is 1. The van der Waals surface area contributed by atoms with Gasteiger partial charge in [0, 0.05) is 18.7 Å². The topological polar surface area (TPSA) is 65.1 Å². The summed E-state index contributed by atoms with van der Waals surface area (Å²) in [5.74, 6) is 0. The standard InChI is InChI=1S/C12H18N2O3/c1-3-4-5-6-9-13-10(2)11(14(16)17)7-8-12(13)15/h7-8H,3-6,9H2,1-2H3. The molecule has 0 aliphatic heterocycles. The highest BCUT2D eigenvalue weighted by Crippen LogP contribution is 2.15. The summed E-state index contributed by atoms with van der Waals surface area (Å²) in [6.45, 7) is 4.30. The first-order chi connectivity index (χ1) is 8.07. The molecule has 0 bridgehead atoms. The van der Waals surface area contributed by atoms with E-state index in [1.165, 1.54) is 16.7 Å². The predicted molar refractivity (Wildman–Crippen MR) is 66.2 cm³/mol. The van der Waals surface area contributed by atoms with Crippen molar-refractivity contribution in [3.05, 3.63) is 38.3 Å². The van der Waals surface area contributed by atoms with Crippen LogP contribution >= 0.6 is 0 Å². The van der Waals surface area contributed by atoms with Gasteiger partial charge in [0.1, 0.15) is 0 Å². The number of aromatic nitrogens is 1. The Balaban J connectivity index is 2.86. The van der Waals surface area contributed by atoms with Gasteiger partial charge in [0.15, 0.2) is 0 Å². The van der Waals surface area contributed by atoms with Crippen molar-refractivity contribution in [1.82, 2.24) is 4.57 Å². The van der Waals surface area contributed by atoms with Crippen molar-refractivity contribution < 1.29 is 4.92 Å². The summed E-state index contributed by atoms with van der Waals surface area (Å²) in [6.07, 6.45) is 4.19. The molecular weight excluding hydrogens is 220 g/mol. The second-order valence-electron chi connectivity index (χ2n) is 4.11. The quantitative estimate of drug-likeness (QED) is 0.434. The Morgan fingerprint density at radius 3 is 2.59 bits per heavy atom. The van der Waals surface area contributed by atoms with E-state index in [0.29, 0.717) is 12.2 Å². The summed E-state index contributed by atoms with van der Waals surface area (Å²) in [6, 6.07) is 2.55. The number of unbranched alkanes of at least 4 members (excludes halogenated alkanes) is 3. The Morgan fingerprint density at radius 2 is 2.00 bits per heavy atom. The third-order valence-electron chi connectivity index (χ3n) is 2.86. The van der Waals surface area contributed by atoms with Gasteiger partial charge in [-0.05, 0) is 13.3 Å². The molecule has 0 N–H and O–H groups in total. The molecule has 0 aromatic carbocycles. The second kappa shape index (κ2) is 6.18. The molecule has 1 aromatic rings. The number of pyridine rings is 1. The van der Waals surface area contributed by atoms with Gasteiger partial charge < -0.3 is 4.57 Å². The van der Waals surface area contributed by atoms with Crippen LogP contribution in [0.1, 0.15) is 38.3 Å². The molecule has 1 heterocycles. The smallest absolute Gasteiger partial charge is 0.288 e. The van der Waals surface area contributed by atoms with Crippen LogP contribution in [0.4, 0.5) is 5.69 Å². The lowest BCUT2D eigenvalue weighted by molar-refractivity contribution is -0.386. The number of nitrogens with zero attached hydrogens (tertiary/aromatic N) is 2. The van der Waals surface area contributed by atoms with Crippen LogP contribution in [0.2, 0.25) is 0 Å². The Bertz CT molecular complexity index is 452. The Hall–Kier alpha value is -1.65. The van der Waals surface area contributed by atoms with Crippen LogP contribution in [0.15, 0.2) is 16.9 Å². The zero-order valence-corrected chi connectivity index (χ0v) is 10.3. The molecule has 0 aliphatic carbocycles. The monoisotopic (exact) mass is 238 g/mol. The average molecular weight is 238 g/mol. The maximum absolute atomic E-state index is 11.6. The third kappa shape index (κ3) is 3.41. The van der Waals surface area contributed by atoms with Crippen LogP contribution in [0.3, 0.4) is 0 Å². The molecule has 1 rings (SSSR count). The molecule has 0 saturated carbocycles. The van der Waals surface area contributed by atoms with Gasteiger partial charge in [-0.25, -0.2) is 0 Å².